The molecule has 1 saturated heterocycles. The van der Waals surface area contributed by atoms with Crippen molar-refractivity contribution in [2.45, 2.75) is 51.2 Å². The number of ether oxygens (including phenoxy) is 1. The van der Waals surface area contributed by atoms with Gasteiger partial charge in [-0.2, -0.15) is 0 Å². The van der Waals surface area contributed by atoms with Crippen LogP contribution in [0.5, 0.6) is 0 Å². The van der Waals surface area contributed by atoms with Gasteiger partial charge in [0.15, 0.2) is 0 Å². The Labute approximate surface area is 62.8 Å². The Hall–Kier alpha value is -0.0400. The van der Waals surface area contributed by atoms with Crippen molar-refractivity contribution in [3.8, 4) is 0 Å². The van der Waals surface area contributed by atoms with Crippen LogP contribution < -0.4 is 0 Å². The molecule has 58 valence electrons. The van der Waals surface area contributed by atoms with Crippen molar-refractivity contribution in [2.24, 2.45) is 5.92 Å². The smallest absolute Gasteiger partial charge is 0.0665 e. The third kappa shape index (κ3) is 0.731. The van der Waals surface area contributed by atoms with E-state index in [9.17, 15) is 0 Å². The first kappa shape index (κ1) is 6.66. The maximum Gasteiger partial charge on any atom is 0.0665 e. The van der Waals surface area contributed by atoms with Crippen LogP contribution in [-0.4, -0.2) is 11.2 Å². The lowest BCUT2D eigenvalue weighted by molar-refractivity contribution is -0.111. The van der Waals surface area contributed by atoms with E-state index in [1.807, 2.05) is 0 Å². The molecule has 2 bridgehead atoms. The van der Waals surface area contributed by atoms with Crippen molar-refractivity contribution >= 4 is 0 Å². The Morgan fingerprint density at radius 1 is 1.30 bits per heavy atom. The largest absolute Gasteiger partial charge is 0.369 e. The lowest BCUT2D eigenvalue weighted by Crippen LogP contribution is -2.35. The molecule has 0 amide bonds. The third-order valence-electron chi connectivity index (χ3n) is 3.19. The zero-order chi connectivity index (χ0) is 7.41. The van der Waals surface area contributed by atoms with Crippen LogP contribution >= 0.6 is 0 Å². The summed E-state index contributed by atoms with van der Waals surface area (Å²) in [6.45, 7) is 6.70. The second-order valence-corrected chi connectivity index (χ2v) is 4.60. The van der Waals surface area contributed by atoms with Crippen molar-refractivity contribution < 1.29 is 4.74 Å². The molecule has 0 aromatic heterocycles. The second kappa shape index (κ2) is 1.58. The molecule has 1 nitrogen and oxygen atoms in total. The summed E-state index contributed by atoms with van der Waals surface area (Å²) in [6.07, 6.45) is 3.95. The van der Waals surface area contributed by atoms with E-state index in [4.69, 9.17) is 4.74 Å². The summed E-state index contributed by atoms with van der Waals surface area (Å²) in [5, 5.41) is 0. The van der Waals surface area contributed by atoms with Crippen molar-refractivity contribution in [3.63, 3.8) is 0 Å². The van der Waals surface area contributed by atoms with Crippen LogP contribution in [0.15, 0.2) is 0 Å². The number of rotatable bonds is 0. The minimum absolute atomic E-state index is 0.174. The van der Waals surface area contributed by atoms with Gasteiger partial charge in [-0.15, -0.1) is 0 Å². The molecule has 0 spiro atoms. The molecule has 2 rings (SSSR count). The molecular weight excluding hydrogens is 124 g/mol. The molecule has 1 heteroatoms. The predicted molar refractivity (Wildman–Crippen MR) is 40.9 cm³/mol. The second-order valence-electron chi connectivity index (χ2n) is 4.60. The molecule has 1 saturated carbocycles. The standard InChI is InChI=1S/C9H16O/c1-8(2)7-4-5-9(3,6-7)10-8/h7H,4-6H2,1-3H3. The van der Waals surface area contributed by atoms with Crippen LogP contribution in [0.4, 0.5) is 0 Å². The monoisotopic (exact) mass is 140 g/mol. The SMILES string of the molecule is CC12CCC(C1)C(C)(C)O2. The van der Waals surface area contributed by atoms with E-state index in [0.717, 1.165) is 5.92 Å². The summed E-state index contributed by atoms with van der Waals surface area (Å²) in [6, 6.07) is 0. The van der Waals surface area contributed by atoms with Crippen LogP contribution in [0.25, 0.3) is 0 Å². The number of hydrogen-bond acceptors (Lipinski definition) is 1. The predicted octanol–water partition coefficient (Wildman–Crippen LogP) is 2.35. The van der Waals surface area contributed by atoms with E-state index in [0.29, 0.717) is 0 Å². The van der Waals surface area contributed by atoms with Gasteiger partial charge in [-0.3, -0.25) is 0 Å². The van der Waals surface area contributed by atoms with Crippen LogP contribution in [-0.2, 0) is 4.74 Å². The van der Waals surface area contributed by atoms with E-state index in [-0.39, 0.29) is 11.2 Å². The van der Waals surface area contributed by atoms with Gasteiger partial charge in [0.05, 0.1) is 11.2 Å². The lowest BCUT2D eigenvalue weighted by Gasteiger charge is -2.33. The van der Waals surface area contributed by atoms with Crippen molar-refractivity contribution in [1.29, 1.82) is 0 Å². The van der Waals surface area contributed by atoms with E-state index in [2.05, 4.69) is 20.8 Å². The van der Waals surface area contributed by atoms with E-state index in [1.165, 1.54) is 19.3 Å². The molecule has 10 heavy (non-hydrogen) atoms. The highest BCUT2D eigenvalue weighted by molar-refractivity contribution is 5.02. The number of hydrogen-bond donors (Lipinski definition) is 0. The molecule has 0 aromatic rings. The average Bonchev–Trinajstić information content (AvgIpc) is 2.16. The molecule has 2 atom stereocenters. The topological polar surface area (TPSA) is 9.23 Å². The first-order valence-corrected chi connectivity index (χ1v) is 4.22. The molecular formula is C9H16O. The minimum atomic E-state index is 0.174. The molecule has 0 aromatic carbocycles. The van der Waals surface area contributed by atoms with E-state index < -0.39 is 0 Å². The van der Waals surface area contributed by atoms with Gasteiger partial charge < -0.3 is 4.74 Å². The average molecular weight is 140 g/mol. The summed E-state index contributed by atoms with van der Waals surface area (Å²) in [7, 11) is 0. The number of fused-ring (bicyclic) bond motifs is 2. The van der Waals surface area contributed by atoms with Crippen LogP contribution in [0.2, 0.25) is 0 Å². The molecule has 1 heterocycles. The highest BCUT2D eigenvalue weighted by atomic mass is 16.5. The van der Waals surface area contributed by atoms with Gasteiger partial charge in [0.25, 0.3) is 0 Å². The molecule has 2 unspecified atom stereocenters. The van der Waals surface area contributed by atoms with Crippen molar-refractivity contribution in [3.05, 3.63) is 0 Å². The first-order chi connectivity index (χ1) is 4.52. The minimum Gasteiger partial charge on any atom is -0.369 e. The summed E-state index contributed by atoms with van der Waals surface area (Å²) >= 11 is 0. The van der Waals surface area contributed by atoms with Gasteiger partial charge in [0.1, 0.15) is 0 Å². The van der Waals surface area contributed by atoms with Gasteiger partial charge in [0, 0.05) is 0 Å². The van der Waals surface area contributed by atoms with E-state index >= 15 is 0 Å². The molecule has 1 aliphatic heterocycles. The van der Waals surface area contributed by atoms with Gasteiger partial charge in [-0.1, -0.05) is 0 Å². The zero-order valence-electron chi connectivity index (χ0n) is 7.11. The summed E-state index contributed by atoms with van der Waals surface area (Å²) in [5.74, 6) is 0.831. The zero-order valence-corrected chi connectivity index (χ0v) is 7.11. The molecule has 0 radical (unpaired) electrons. The first-order valence-electron chi connectivity index (χ1n) is 4.22. The van der Waals surface area contributed by atoms with Gasteiger partial charge in [-0.05, 0) is 46.0 Å². The van der Waals surface area contributed by atoms with E-state index in [1.54, 1.807) is 0 Å². The lowest BCUT2D eigenvalue weighted by atomic mass is 9.91. The highest BCUT2D eigenvalue weighted by Gasteiger charge is 2.52. The van der Waals surface area contributed by atoms with Gasteiger partial charge >= 0.3 is 0 Å². The molecule has 1 aliphatic carbocycles. The Bertz CT molecular complexity index is 159. The Kier molecular flexibility index (Phi) is 1.05. The molecule has 0 N–H and O–H groups in total. The maximum atomic E-state index is 5.94. The third-order valence-corrected chi connectivity index (χ3v) is 3.19. The highest BCUT2D eigenvalue weighted by Crippen LogP contribution is 2.52. The molecule has 2 aliphatic rings. The Morgan fingerprint density at radius 3 is 2.20 bits per heavy atom. The summed E-state index contributed by atoms with van der Waals surface area (Å²) in [4.78, 5) is 0. The fourth-order valence-corrected chi connectivity index (χ4v) is 2.61. The van der Waals surface area contributed by atoms with Crippen LogP contribution in [0.1, 0.15) is 40.0 Å². The molecule has 2 fully saturated rings. The maximum absolute atomic E-state index is 5.94. The summed E-state index contributed by atoms with van der Waals surface area (Å²) in [5.41, 5.74) is 0.418. The van der Waals surface area contributed by atoms with Crippen molar-refractivity contribution in [1.82, 2.24) is 0 Å². The van der Waals surface area contributed by atoms with Crippen LogP contribution in [0, 0.1) is 5.92 Å². The van der Waals surface area contributed by atoms with Crippen LogP contribution in [0.3, 0.4) is 0 Å². The van der Waals surface area contributed by atoms with Crippen molar-refractivity contribution in [2.75, 3.05) is 0 Å². The Balaban J connectivity index is 2.25. The quantitative estimate of drug-likeness (QED) is 0.502. The summed E-state index contributed by atoms with van der Waals surface area (Å²) < 4.78 is 5.94. The van der Waals surface area contributed by atoms with Gasteiger partial charge in [0.2, 0.25) is 0 Å². The normalized spacial score (nSPS) is 50.1. The fourth-order valence-electron chi connectivity index (χ4n) is 2.61. The fraction of sp³-hybridized carbons (Fsp3) is 1.00. The van der Waals surface area contributed by atoms with Gasteiger partial charge in [-0.25, -0.2) is 0 Å². The Morgan fingerprint density at radius 2 is 2.00 bits per heavy atom.